The molecule has 0 bridgehead atoms. The topological polar surface area (TPSA) is 58.6 Å². The van der Waals surface area contributed by atoms with Gasteiger partial charge in [-0.05, 0) is 18.4 Å². The normalized spacial score (nSPS) is 16.6. The van der Waals surface area contributed by atoms with Gasteiger partial charge in [0.05, 0.1) is 25.9 Å². The summed E-state index contributed by atoms with van der Waals surface area (Å²) in [5.74, 6) is 0.187. The Labute approximate surface area is 131 Å². The molecule has 0 amide bonds. The molecular weight excluding hydrogens is 278 g/mol. The van der Waals surface area contributed by atoms with Gasteiger partial charge in [0, 0.05) is 18.2 Å². The molecular formula is C18H23NO3. The molecule has 1 aliphatic carbocycles. The highest BCUT2D eigenvalue weighted by Gasteiger charge is 2.16. The first-order valence-corrected chi connectivity index (χ1v) is 7.68. The number of carbonyl (C=O) groups excluding carboxylic acids is 1. The molecule has 2 rings (SSSR count). The highest BCUT2D eigenvalue weighted by Crippen LogP contribution is 2.19. The summed E-state index contributed by atoms with van der Waals surface area (Å²) in [4.78, 5) is 11.5. The quantitative estimate of drug-likeness (QED) is 0.572. The number of allylic oxidation sites excluding steroid dienone is 2. The molecule has 0 heterocycles. The largest absolute Gasteiger partial charge is 0.392 e. The van der Waals surface area contributed by atoms with E-state index in [1.807, 2.05) is 18.2 Å². The molecule has 0 saturated heterocycles. The Morgan fingerprint density at radius 1 is 1.23 bits per heavy atom. The van der Waals surface area contributed by atoms with E-state index in [2.05, 4.69) is 17.4 Å². The van der Waals surface area contributed by atoms with Crippen molar-refractivity contribution >= 4 is 5.78 Å². The van der Waals surface area contributed by atoms with E-state index in [1.165, 1.54) is 0 Å². The van der Waals surface area contributed by atoms with Crippen LogP contribution in [0.4, 0.5) is 0 Å². The van der Waals surface area contributed by atoms with Crippen LogP contribution in [0.15, 0.2) is 54.3 Å². The zero-order valence-electron chi connectivity index (χ0n) is 12.7. The summed E-state index contributed by atoms with van der Waals surface area (Å²) in [6.07, 6.45) is 7.62. The van der Waals surface area contributed by atoms with E-state index in [4.69, 9.17) is 9.84 Å². The van der Waals surface area contributed by atoms with E-state index < -0.39 is 0 Å². The second-order valence-electron chi connectivity index (χ2n) is 5.29. The van der Waals surface area contributed by atoms with Crippen LogP contribution in [0.25, 0.3) is 0 Å². The van der Waals surface area contributed by atoms with Gasteiger partial charge >= 0.3 is 0 Å². The van der Waals surface area contributed by atoms with Crippen molar-refractivity contribution in [1.82, 2.24) is 5.32 Å². The number of ketones is 1. The van der Waals surface area contributed by atoms with E-state index in [9.17, 15) is 4.79 Å². The predicted molar refractivity (Wildman–Crippen MR) is 86.3 cm³/mol. The van der Waals surface area contributed by atoms with Crippen LogP contribution in [-0.4, -0.2) is 30.7 Å². The smallest absolute Gasteiger partial charge is 0.157 e. The van der Waals surface area contributed by atoms with Gasteiger partial charge in [-0.15, -0.1) is 0 Å². The average Bonchev–Trinajstić information content (AvgIpc) is 2.54. The fourth-order valence-corrected chi connectivity index (χ4v) is 2.43. The summed E-state index contributed by atoms with van der Waals surface area (Å²) in [6.45, 7) is 0.994. The maximum atomic E-state index is 11.5. The molecule has 1 atom stereocenters. The number of aliphatic hydroxyl groups is 1. The number of rotatable bonds is 8. The number of hydrogen-bond acceptors (Lipinski definition) is 4. The first kappa shape index (κ1) is 16.5. The average molecular weight is 301 g/mol. The molecule has 4 nitrogen and oxygen atoms in total. The van der Waals surface area contributed by atoms with Crippen LogP contribution >= 0.6 is 0 Å². The molecule has 0 saturated carbocycles. The lowest BCUT2D eigenvalue weighted by molar-refractivity contribution is -0.115. The summed E-state index contributed by atoms with van der Waals surface area (Å²) in [7, 11) is 0. The number of hydrogen-bond donors (Lipinski definition) is 2. The van der Waals surface area contributed by atoms with Crippen LogP contribution in [0, 0.1) is 0 Å². The first-order chi connectivity index (χ1) is 10.8. The van der Waals surface area contributed by atoms with Crippen molar-refractivity contribution in [3.63, 3.8) is 0 Å². The standard InChI is InChI=1S/C18H23NO3/c20-11-4-5-12-22-14-18(15-7-2-1-3-8-15)19-16-9-6-10-17(21)13-16/h1-5,7-8,13,18-20H,6,9-12,14H2/b5-4-/t18-/m0/s1. The molecule has 0 spiro atoms. The molecule has 0 aliphatic heterocycles. The maximum Gasteiger partial charge on any atom is 0.157 e. The van der Waals surface area contributed by atoms with Crippen molar-refractivity contribution in [1.29, 1.82) is 0 Å². The molecule has 0 radical (unpaired) electrons. The summed E-state index contributed by atoms with van der Waals surface area (Å²) >= 11 is 0. The minimum absolute atomic E-state index is 0.0147. The van der Waals surface area contributed by atoms with Gasteiger partial charge in [-0.3, -0.25) is 4.79 Å². The number of carbonyl (C=O) groups is 1. The zero-order chi connectivity index (χ0) is 15.6. The summed E-state index contributed by atoms with van der Waals surface area (Å²) in [6, 6.07) is 10.1. The second kappa shape index (κ2) is 9.18. The number of nitrogens with one attached hydrogen (secondary N) is 1. The Morgan fingerprint density at radius 2 is 2.05 bits per heavy atom. The Hall–Kier alpha value is -1.91. The molecule has 0 fully saturated rings. The van der Waals surface area contributed by atoms with Crippen molar-refractivity contribution in [3.8, 4) is 0 Å². The highest BCUT2D eigenvalue weighted by molar-refractivity contribution is 5.91. The molecule has 2 N–H and O–H groups in total. The summed E-state index contributed by atoms with van der Waals surface area (Å²) in [5.41, 5.74) is 2.12. The van der Waals surface area contributed by atoms with Crippen molar-refractivity contribution in [2.24, 2.45) is 0 Å². The Bertz CT molecular complexity index is 522. The minimum atomic E-state index is 0.0147. The maximum absolute atomic E-state index is 11.5. The third-order valence-corrected chi connectivity index (χ3v) is 3.54. The van der Waals surface area contributed by atoms with Crippen LogP contribution in [0.2, 0.25) is 0 Å². The van der Waals surface area contributed by atoms with Crippen LogP contribution in [0.3, 0.4) is 0 Å². The lowest BCUT2D eigenvalue weighted by Crippen LogP contribution is -2.27. The van der Waals surface area contributed by atoms with E-state index in [1.54, 1.807) is 18.2 Å². The van der Waals surface area contributed by atoms with E-state index >= 15 is 0 Å². The van der Waals surface area contributed by atoms with Crippen LogP contribution < -0.4 is 5.32 Å². The van der Waals surface area contributed by atoms with Gasteiger partial charge in [-0.2, -0.15) is 0 Å². The third-order valence-electron chi connectivity index (χ3n) is 3.54. The number of aliphatic hydroxyl groups excluding tert-OH is 1. The highest BCUT2D eigenvalue weighted by atomic mass is 16.5. The Morgan fingerprint density at radius 3 is 2.77 bits per heavy atom. The third kappa shape index (κ3) is 5.47. The molecule has 118 valence electrons. The second-order valence-corrected chi connectivity index (χ2v) is 5.29. The lowest BCUT2D eigenvalue weighted by Gasteiger charge is -2.23. The van der Waals surface area contributed by atoms with Gasteiger partial charge in [-0.1, -0.05) is 42.5 Å². The van der Waals surface area contributed by atoms with Crippen LogP contribution in [0.5, 0.6) is 0 Å². The zero-order valence-corrected chi connectivity index (χ0v) is 12.7. The predicted octanol–water partition coefficient (Wildman–Crippen LogP) is 2.52. The molecule has 1 aromatic rings. The van der Waals surface area contributed by atoms with Gasteiger partial charge in [-0.25, -0.2) is 0 Å². The summed E-state index contributed by atoms with van der Waals surface area (Å²) < 4.78 is 5.65. The molecule has 0 unspecified atom stereocenters. The molecule has 1 aromatic carbocycles. The van der Waals surface area contributed by atoms with Gasteiger partial charge in [0.2, 0.25) is 0 Å². The monoisotopic (exact) mass is 301 g/mol. The number of ether oxygens (including phenoxy) is 1. The van der Waals surface area contributed by atoms with Crippen molar-refractivity contribution in [2.75, 3.05) is 19.8 Å². The van der Waals surface area contributed by atoms with Crippen molar-refractivity contribution in [3.05, 3.63) is 59.8 Å². The van der Waals surface area contributed by atoms with Gasteiger partial charge in [0.25, 0.3) is 0 Å². The fraction of sp³-hybridized carbons (Fsp3) is 0.389. The van der Waals surface area contributed by atoms with Gasteiger partial charge < -0.3 is 15.2 Å². The van der Waals surface area contributed by atoms with E-state index in [-0.39, 0.29) is 18.4 Å². The number of benzene rings is 1. The lowest BCUT2D eigenvalue weighted by atomic mass is 10.0. The SMILES string of the molecule is O=C1C=C(N[C@@H](COC/C=C\CO)c2ccccc2)CCC1. The molecule has 1 aliphatic rings. The summed E-state index contributed by atoms with van der Waals surface area (Å²) in [5, 5.41) is 12.1. The minimum Gasteiger partial charge on any atom is -0.392 e. The fourth-order valence-electron chi connectivity index (χ4n) is 2.43. The Kier molecular flexibility index (Phi) is 6.87. The van der Waals surface area contributed by atoms with Crippen molar-refractivity contribution < 1.29 is 14.6 Å². The molecule has 22 heavy (non-hydrogen) atoms. The molecule has 0 aromatic heterocycles. The van der Waals surface area contributed by atoms with E-state index in [0.29, 0.717) is 19.6 Å². The Balaban J connectivity index is 1.98. The van der Waals surface area contributed by atoms with Crippen LogP contribution in [0.1, 0.15) is 30.9 Å². The first-order valence-electron chi connectivity index (χ1n) is 7.68. The van der Waals surface area contributed by atoms with E-state index in [0.717, 1.165) is 24.1 Å². The van der Waals surface area contributed by atoms with Crippen LogP contribution in [-0.2, 0) is 9.53 Å². The van der Waals surface area contributed by atoms with Gasteiger partial charge in [0.1, 0.15) is 0 Å². The molecule has 4 heteroatoms. The van der Waals surface area contributed by atoms with Crippen molar-refractivity contribution in [2.45, 2.75) is 25.3 Å². The van der Waals surface area contributed by atoms with Gasteiger partial charge in [0.15, 0.2) is 5.78 Å².